The van der Waals surface area contributed by atoms with Crippen molar-refractivity contribution in [2.45, 2.75) is 76.2 Å². The van der Waals surface area contributed by atoms with Crippen LogP contribution in [0.25, 0.3) is 0 Å². The minimum Gasteiger partial charge on any atom is -0.349 e. The summed E-state index contributed by atoms with van der Waals surface area (Å²) >= 11 is 0. The van der Waals surface area contributed by atoms with Gasteiger partial charge in [0.15, 0.2) is 0 Å². The fraction of sp³-hybridized carbons (Fsp3) is 0.600. The third-order valence-electron chi connectivity index (χ3n) is 7.46. The van der Waals surface area contributed by atoms with E-state index in [2.05, 4.69) is 15.4 Å². The molecule has 3 heterocycles. The number of likely N-dealkylation sites (tertiary alicyclic amines) is 1. The molecule has 0 aromatic carbocycles. The van der Waals surface area contributed by atoms with E-state index in [1.807, 2.05) is 24.1 Å². The number of aromatic nitrogens is 3. The Morgan fingerprint density at radius 2 is 1.75 bits per heavy atom. The van der Waals surface area contributed by atoms with Crippen LogP contribution in [-0.2, 0) is 19.9 Å². The lowest BCUT2D eigenvalue weighted by Gasteiger charge is -2.32. The summed E-state index contributed by atoms with van der Waals surface area (Å²) in [6.45, 7) is 1.46. The quantitative estimate of drug-likeness (QED) is 0.798. The predicted octanol–water partition coefficient (Wildman–Crippen LogP) is 3.39. The van der Waals surface area contributed by atoms with Crippen LogP contribution in [0.3, 0.4) is 0 Å². The summed E-state index contributed by atoms with van der Waals surface area (Å²) in [5.41, 5.74) is 4.72. The summed E-state index contributed by atoms with van der Waals surface area (Å²) in [5.74, 6) is 0.427. The summed E-state index contributed by atoms with van der Waals surface area (Å²) < 4.78 is 1.79. The highest BCUT2D eigenvalue weighted by Crippen LogP contribution is 2.30. The first-order valence-electron chi connectivity index (χ1n) is 12.2. The van der Waals surface area contributed by atoms with Gasteiger partial charge < -0.3 is 10.2 Å². The number of rotatable bonds is 4. The Morgan fingerprint density at radius 3 is 2.47 bits per heavy atom. The molecule has 7 heteroatoms. The van der Waals surface area contributed by atoms with E-state index >= 15 is 0 Å². The number of hydrogen-bond acceptors (Lipinski definition) is 4. The standard InChI is InChI=1S/C25H33N5O2/c1-29-23(20-8-4-5-9-22(20)28-29)25(32)30-14-12-17(13-15-30)21-11-10-18(16-26-21)24(31)27-19-6-2-3-7-19/h10-11,16-17,19H,2-9,12-15H2,1H3,(H,27,31). The first kappa shape index (κ1) is 21.2. The van der Waals surface area contributed by atoms with Crippen LogP contribution in [0.1, 0.15) is 95.1 Å². The number of fused-ring (bicyclic) bond motifs is 1. The van der Waals surface area contributed by atoms with Crippen molar-refractivity contribution in [3.05, 3.63) is 46.5 Å². The van der Waals surface area contributed by atoms with Gasteiger partial charge in [0, 0.05) is 49.6 Å². The van der Waals surface area contributed by atoms with Gasteiger partial charge in [-0.15, -0.1) is 0 Å². The van der Waals surface area contributed by atoms with Crippen LogP contribution in [0.2, 0.25) is 0 Å². The number of nitrogens with zero attached hydrogens (tertiary/aromatic N) is 4. The Kier molecular flexibility index (Phi) is 5.98. The van der Waals surface area contributed by atoms with Crippen LogP contribution in [-0.4, -0.2) is 50.6 Å². The molecule has 1 saturated heterocycles. The highest BCUT2D eigenvalue weighted by molar-refractivity contribution is 5.95. The summed E-state index contributed by atoms with van der Waals surface area (Å²) in [4.78, 5) is 32.3. The van der Waals surface area contributed by atoms with Gasteiger partial charge in [-0.1, -0.05) is 12.8 Å². The second-order valence-electron chi connectivity index (χ2n) is 9.60. The van der Waals surface area contributed by atoms with Crippen LogP contribution in [0, 0.1) is 0 Å². The van der Waals surface area contributed by atoms with Crippen LogP contribution >= 0.6 is 0 Å². The fourth-order valence-corrected chi connectivity index (χ4v) is 5.60. The Hall–Kier alpha value is -2.70. The van der Waals surface area contributed by atoms with Crippen LogP contribution in [0.4, 0.5) is 0 Å². The third-order valence-corrected chi connectivity index (χ3v) is 7.46. The third kappa shape index (κ3) is 4.17. The molecular formula is C25H33N5O2. The van der Waals surface area contributed by atoms with E-state index in [-0.39, 0.29) is 11.8 Å². The number of carbonyl (C=O) groups is 2. The van der Waals surface area contributed by atoms with Gasteiger partial charge in [0.2, 0.25) is 0 Å². The highest BCUT2D eigenvalue weighted by Gasteiger charge is 2.30. The molecule has 0 bridgehead atoms. The van der Waals surface area contributed by atoms with Crippen molar-refractivity contribution in [2.75, 3.05) is 13.1 Å². The lowest BCUT2D eigenvalue weighted by Crippen LogP contribution is -2.39. The average Bonchev–Trinajstić information content (AvgIpc) is 3.45. The van der Waals surface area contributed by atoms with Gasteiger partial charge in [0.1, 0.15) is 5.69 Å². The number of hydrogen-bond donors (Lipinski definition) is 1. The Balaban J connectivity index is 1.19. The van der Waals surface area contributed by atoms with Gasteiger partial charge in [-0.2, -0.15) is 5.10 Å². The number of aryl methyl sites for hydroxylation is 2. The molecule has 0 spiro atoms. The van der Waals surface area contributed by atoms with E-state index < -0.39 is 0 Å². The number of carbonyl (C=O) groups excluding carboxylic acids is 2. The number of piperidine rings is 1. The number of pyridine rings is 1. The van der Waals surface area contributed by atoms with E-state index in [1.54, 1.807) is 10.9 Å². The molecule has 1 N–H and O–H groups in total. The molecule has 7 nitrogen and oxygen atoms in total. The molecule has 5 rings (SSSR count). The zero-order valence-corrected chi connectivity index (χ0v) is 19.0. The monoisotopic (exact) mass is 435 g/mol. The molecular weight excluding hydrogens is 402 g/mol. The Morgan fingerprint density at radius 1 is 1.00 bits per heavy atom. The lowest BCUT2D eigenvalue weighted by atomic mass is 9.91. The summed E-state index contributed by atoms with van der Waals surface area (Å²) in [7, 11) is 1.90. The zero-order valence-electron chi connectivity index (χ0n) is 19.0. The molecule has 32 heavy (non-hydrogen) atoms. The van der Waals surface area contributed by atoms with Crippen molar-refractivity contribution >= 4 is 11.8 Å². The molecule has 2 amide bonds. The minimum absolute atomic E-state index is 0.0177. The lowest BCUT2D eigenvalue weighted by molar-refractivity contribution is 0.0699. The van der Waals surface area contributed by atoms with Gasteiger partial charge in [0.25, 0.3) is 11.8 Å². The van der Waals surface area contributed by atoms with Crippen molar-refractivity contribution in [2.24, 2.45) is 7.05 Å². The minimum atomic E-state index is -0.0177. The summed E-state index contributed by atoms with van der Waals surface area (Å²) in [6, 6.07) is 4.20. The molecule has 1 aliphatic heterocycles. The van der Waals surface area contributed by atoms with Crippen molar-refractivity contribution < 1.29 is 9.59 Å². The van der Waals surface area contributed by atoms with E-state index in [4.69, 9.17) is 0 Å². The number of amides is 2. The second kappa shape index (κ2) is 9.04. The van der Waals surface area contributed by atoms with E-state index in [1.165, 1.54) is 18.4 Å². The molecule has 170 valence electrons. The van der Waals surface area contributed by atoms with Crippen molar-refractivity contribution in [3.8, 4) is 0 Å². The topological polar surface area (TPSA) is 80.1 Å². The van der Waals surface area contributed by atoms with Crippen molar-refractivity contribution in [3.63, 3.8) is 0 Å². The van der Waals surface area contributed by atoms with Crippen LogP contribution in [0.5, 0.6) is 0 Å². The maximum atomic E-state index is 13.3. The first-order chi connectivity index (χ1) is 15.6. The number of nitrogens with one attached hydrogen (secondary N) is 1. The predicted molar refractivity (Wildman–Crippen MR) is 122 cm³/mol. The molecule has 2 aromatic rings. The largest absolute Gasteiger partial charge is 0.349 e. The van der Waals surface area contributed by atoms with Crippen LogP contribution in [0.15, 0.2) is 18.3 Å². The summed E-state index contributed by atoms with van der Waals surface area (Å²) in [6.07, 6.45) is 12.3. The van der Waals surface area contributed by atoms with Crippen molar-refractivity contribution in [1.82, 2.24) is 25.0 Å². The molecule has 2 aliphatic carbocycles. The smallest absolute Gasteiger partial charge is 0.272 e. The van der Waals surface area contributed by atoms with Gasteiger partial charge in [-0.3, -0.25) is 19.3 Å². The van der Waals surface area contributed by atoms with Gasteiger partial charge in [-0.05, 0) is 63.5 Å². The zero-order chi connectivity index (χ0) is 22.1. The van der Waals surface area contributed by atoms with E-state index in [9.17, 15) is 9.59 Å². The molecule has 1 saturated carbocycles. The Bertz CT molecular complexity index is 983. The van der Waals surface area contributed by atoms with Gasteiger partial charge >= 0.3 is 0 Å². The molecule has 3 aliphatic rings. The molecule has 0 radical (unpaired) electrons. The average molecular weight is 436 g/mol. The Labute approximate surface area is 189 Å². The normalized spacial score (nSPS) is 19.7. The maximum absolute atomic E-state index is 13.3. The van der Waals surface area contributed by atoms with E-state index in [0.717, 1.165) is 81.5 Å². The highest BCUT2D eigenvalue weighted by atomic mass is 16.2. The molecule has 2 aromatic heterocycles. The first-order valence-corrected chi connectivity index (χ1v) is 12.2. The molecule has 0 unspecified atom stereocenters. The molecule has 0 atom stereocenters. The molecule has 2 fully saturated rings. The second-order valence-corrected chi connectivity index (χ2v) is 9.60. The van der Waals surface area contributed by atoms with Gasteiger partial charge in [0.05, 0.1) is 11.3 Å². The van der Waals surface area contributed by atoms with E-state index in [0.29, 0.717) is 17.5 Å². The maximum Gasteiger partial charge on any atom is 0.272 e. The fourth-order valence-electron chi connectivity index (χ4n) is 5.60. The van der Waals surface area contributed by atoms with Crippen molar-refractivity contribution in [1.29, 1.82) is 0 Å². The SMILES string of the molecule is Cn1nc2c(c1C(=O)N1CCC(c3ccc(C(=O)NC4CCCC4)cn3)CC1)CCCC2. The van der Waals surface area contributed by atoms with Gasteiger partial charge in [-0.25, -0.2) is 0 Å². The summed E-state index contributed by atoms with van der Waals surface area (Å²) in [5, 5.41) is 7.73. The van der Waals surface area contributed by atoms with Crippen LogP contribution < -0.4 is 5.32 Å².